The van der Waals surface area contributed by atoms with Gasteiger partial charge in [0.25, 0.3) is 0 Å². The van der Waals surface area contributed by atoms with Gasteiger partial charge in [-0.1, -0.05) is 25.5 Å². The van der Waals surface area contributed by atoms with E-state index in [0.29, 0.717) is 5.41 Å². The Kier molecular flexibility index (Phi) is 1.77. The van der Waals surface area contributed by atoms with Crippen molar-refractivity contribution in [1.82, 2.24) is 0 Å². The van der Waals surface area contributed by atoms with Crippen molar-refractivity contribution in [3.63, 3.8) is 0 Å². The molecule has 4 aliphatic carbocycles. The molecule has 4 aliphatic rings. The van der Waals surface area contributed by atoms with Crippen LogP contribution in [0.1, 0.15) is 46.5 Å². The van der Waals surface area contributed by atoms with Gasteiger partial charge in [-0.05, 0) is 55.8 Å². The SMILES string of the molecule is CC1(C)[C@H]2C[C@H]3CC[C@](C)(O)C=C3[C@@H]1C2. The summed E-state index contributed by atoms with van der Waals surface area (Å²) in [6.07, 6.45) is 7.13. The Balaban J connectivity index is 1.96. The van der Waals surface area contributed by atoms with Crippen molar-refractivity contribution in [2.45, 2.75) is 52.1 Å². The lowest BCUT2D eigenvalue weighted by Gasteiger charge is -2.61. The monoisotopic (exact) mass is 206 g/mol. The summed E-state index contributed by atoms with van der Waals surface area (Å²) in [6, 6.07) is 0. The highest BCUT2D eigenvalue weighted by Crippen LogP contribution is 2.64. The zero-order chi connectivity index (χ0) is 10.8. The summed E-state index contributed by atoms with van der Waals surface area (Å²) in [4.78, 5) is 0. The minimum atomic E-state index is -0.523. The fourth-order valence-corrected chi connectivity index (χ4v) is 4.15. The van der Waals surface area contributed by atoms with E-state index in [9.17, 15) is 5.11 Å². The third-order valence-electron chi connectivity index (χ3n) is 5.39. The molecule has 0 aromatic heterocycles. The van der Waals surface area contributed by atoms with E-state index in [1.807, 2.05) is 6.92 Å². The predicted octanol–water partition coefficient (Wildman–Crippen LogP) is 3.14. The van der Waals surface area contributed by atoms with E-state index in [-0.39, 0.29) is 0 Å². The molecule has 0 aromatic rings. The van der Waals surface area contributed by atoms with E-state index in [1.165, 1.54) is 19.3 Å². The van der Waals surface area contributed by atoms with Gasteiger partial charge in [-0.15, -0.1) is 0 Å². The maximum Gasteiger partial charge on any atom is 0.0802 e. The molecular formula is C14H22O. The van der Waals surface area contributed by atoms with Gasteiger partial charge in [0.1, 0.15) is 0 Å². The summed E-state index contributed by atoms with van der Waals surface area (Å²) >= 11 is 0. The first-order chi connectivity index (χ1) is 6.90. The number of aliphatic hydroxyl groups is 1. The van der Waals surface area contributed by atoms with Gasteiger partial charge >= 0.3 is 0 Å². The van der Waals surface area contributed by atoms with Crippen molar-refractivity contribution < 1.29 is 5.11 Å². The maximum absolute atomic E-state index is 10.1. The molecule has 0 aromatic carbocycles. The van der Waals surface area contributed by atoms with Crippen LogP contribution < -0.4 is 0 Å². The standard InChI is InChI=1S/C14H22O/c1-13(2)10-6-9-4-5-14(3,15)8-11(9)12(13)7-10/h8-10,12,15H,4-7H2,1-3H3/t9-,10+,12+,14+/m1/s1. The van der Waals surface area contributed by atoms with Crippen LogP contribution in [0.3, 0.4) is 0 Å². The van der Waals surface area contributed by atoms with Crippen LogP contribution in [0.15, 0.2) is 11.6 Å². The van der Waals surface area contributed by atoms with Gasteiger partial charge in [0, 0.05) is 0 Å². The summed E-state index contributed by atoms with van der Waals surface area (Å²) in [7, 11) is 0. The van der Waals surface area contributed by atoms with E-state index < -0.39 is 5.60 Å². The fraction of sp³-hybridized carbons (Fsp3) is 0.857. The second-order valence-electron chi connectivity index (χ2n) is 6.78. The molecule has 0 spiro atoms. The number of hydrogen-bond acceptors (Lipinski definition) is 1. The second-order valence-corrected chi connectivity index (χ2v) is 6.78. The van der Waals surface area contributed by atoms with Gasteiger partial charge in [-0.3, -0.25) is 0 Å². The topological polar surface area (TPSA) is 20.2 Å². The van der Waals surface area contributed by atoms with Crippen molar-refractivity contribution >= 4 is 0 Å². The van der Waals surface area contributed by atoms with Crippen molar-refractivity contribution in [2.24, 2.45) is 23.2 Å². The van der Waals surface area contributed by atoms with E-state index in [4.69, 9.17) is 0 Å². The minimum absolute atomic E-state index is 0.510. The van der Waals surface area contributed by atoms with E-state index in [1.54, 1.807) is 5.57 Å². The lowest BCUT2D eigenvalue weighted by atomic mass is 9.43. The molecule has 3 saturated carbocycles. The first-order valence-electron chi connectivity index (χ1n) is 6.35. The third-order valence-corrected chi connectivity index (χ3v) is 5.39. The van der Waals surface area contributed by atoms with Crippen molar-refractivity contribution in [3.8, 4) is 0 Å². The average molecular weight is 206 g/mol. The summed E-state index contributed by atoms with van der Waals surface area (Å²) in [5.41, 5.74) is 1.58. The number of rotatable bonds is 0. The molecular weight excluding hydrogens is 184 g/mol. The van der Waals surface area contributed by atoms with Gasteiger partial charge in [0.15, 0.2) is 0 Å². The number of hydrogen-bond donors (Lipinski definition) is 1. The third kappa shape index (κ3) is 1.25. The van der Waals surface area contributed by atoms with Crippen molar-refractivity contribution in [2.75, 3.05) is 0 Å². The van der Waals surface area contributed by atoms with Gasteiger partial charge < -0.3 is 5.11 Å². The molecule has 1 N–H and O–H groups in total. The van der Waals surface area contributed by atoms with Gasteiger partial charge in [-0.2, -0.15) is 0 Å². The predicted molar refractivity (Wildman–Crippen MR) is 61.4 cm³/mol. The van der Waals surface area contributed by atoms with Crippen molar-refractivity contribution in [3.05, 3.63) is 11.6 Å². The molecule has 15 heavy (non-hydrogen) atoms. The van der Waals surface area contributed by atoms with Gasteiger partial charge in [-0.25, -0.2) is 0 Å². The quantitative estimate of drug-likeness (QED) is 0.604. The Morgan fingerprint density at radius 1 is 1.27 bits per heavy atom. The van der Waals surface area contributed by atoms with Crippen LogP contribution in [0.25, 0.3) is 0 Å². The molecule has 4 rings (SSSR count). The molecule has 0 amide bonds. The lowest BCUT2D eigenvalue weighted by molar-refractivity contribution is -0.0593. The normalized spacial score (nSPS) is 51.5. The van der Waals surface area contributed by atoms with Crippen LogP contribution >= 0.6 is 0 Å². The summed E-state index contributed by atoms with van der Waals surface area (Å²) < 4.78 is 0. The molecule has 4 atom stereocenters. The zero-order valence-electron chi connectivity index (χ0n) is 10.1. The highest BCUT2D eigenvalue weighted by molar-refractivity contribution is 5.29. The first-order valence-corrected chi connectivity index (χ1v) is 6.35. The summed E-state index contributed by atoms with van der Waals surface area (Å²) in [5.74, 6) is 2.53. The molecule has 3 fully saturated rings. The maximum atomic E-state index is 10.1. The molecule has 1 heteroatoms. The molecule has 1 nitrogen and oxygen atoms in total. The number of allylic oxidation sites excluding steroid dienone is 1. The second kappa shape index (κ2) is 2.68. The van der Waals surface area contributed by atoms with Gasteiger partial charge in [0.05, 0.1) is 5.60 Å². The molecule has 0 saturated heterocycles. The average Bonchev–Trinajstić information content (AvgIpc) is 2.14. The highest BCUT2D eigenvalue weighted by Gasteiger charge is 2.56. The fourth-order valence-electron chi connectivity index (χ4n) is 4.15. The van der Waals surface area contributed by atoms with Crippen LogP contribution in [-0.4, -0.2) is 10.7 Å². The zero-order valence-corrected chi connectivity index (χ0v) is 10.1. The summed E-state index contributed by atoms with van der Waals surface area (Å²) in [6.45, 7) is 6.78. The van der Waals surface area contributed by atoms with Crippen LogP contribution in [0.5, 0.6) is 0 Å². The Labute approximate surface area is 92.6 Å². The highest BCUT2D eigenvalue weighted by atomic mass is 16.3. The molecule has 0 unspecified atom stereocenters. The summed E-state index contributed by atoms with van der Waals surface area (Å²) in [5, 5.41) is 10.1. The molecule has 0 aliphatic heterocycles. The Morgan fingerprint density at radius 3 is 2.67 bits per heavy atom. The Morgan fingerprint density at radius 2 is 2.00 bits per heavy atom. The minimum Gasteiger partial charge on any atom is -0.386 e. The van der Waals surface area contributed by atoms with Gasteiger partial charge in [0.2, 0.25) is 0 Å². The van der Waals surface area contributed by atoms with E-state index >= 15 is 0 Å². The van der Waals surface area contributed by atoms with E-state index in [0.717, 1.165) is 24.2 Å². The molecule has 84 valence electrons. The molecule has 2 bridgehead atoms. The van der Waals surface area contributed by atoms with Crippen LogP contribution in [0.4, 0.5) is 0 Å². The van der Waals surface area contributed by atoms with Crippen LogP contribution in [0, 0.1) is 23.2 Å². The largest absolute Gasteiger partial charge is 0.386 e. The van der Waals surface area contributed by atoms with Crippen molar-refractivity contribution in [1.29, 1.82) is 0 Å². The van der Waals surface area contributed by atoms with Crippen LogP contribution in [-0.2, 0) is 0 Å². The van der Waals surface area contributed by atoms with E-state index in [2.05, 4.69) is 19.9 Å². The molecule has 0 heterocycles. The Bertz CT molecular complexity index is 324. The Hall–Kier alpha value is -0.300. The lowest BCUT2D eigenvalue weighted by Crippen LogP contribution is -2.53. The smallest absolute Gasteiger partial charge is 0.0802 e. The molecule has 0 radical (unpaired) electrons. The first kappa shape index (κ1) is 9.89. The van der Waals surface area contributed by atoms with Crippen LogP contribution in [0.2, 0.25) is 0 Å².